The number of benzene rings is 1. The maximum atomic E-state index is 12.2. The molecule has 2 saturated heterocycles. The highest BCUT2D eigenvalue weighted by molar-refractivity contribution is 5.91. The van der Waals surface area contributed by atoms with E-state index in [4.69, 9.17) is 14.2 Å². The molecule has 0 saturated carbocycles. The molecular weight excluding hydrogens is 308 g/mol. The van der Waals surface area contributed by atoms with Crippen LogP contribution in [0.5, 0.6) is 5.75 Å². The summed E-state index contributed by atoms with van der Waals surface area (Å²) in [4.78, 5) is 16.6. The van der Waals surface area contributed by atoms with Crippen LogP contribution in [0.4, 0.5) is 10.5 Å². The van der Waals surface area contributed by atoms with Gasteiger partial charge in [0.2, 0.25) is 0 Å². The smallest absolute Gasteiger partial charge is 0.414 e. The van der Waals surface area contributed by atoms with Crippen molar-refractivity contribution in [3.8, 4) is 5.75 Å². The SMILES string of the molecule is COc1ccc2c(c1)CN(C1CCOCC1)CC[C@H]1COC(=O)N21. The van der Waals surface area contributed by atoms with E-state index >= 15 is 0 Å². The van der Waals surface area contributed by atoms with Gasteiger partial charge in [-0.2, -0.15) is 0 Å². The minimum atomic E-state index is -0.231. The summed E-state index contributed by atoms with van der Waals surface area (Å²) in [5.74, 6) is 0.824. The lowest BCUT2D eigenvalue weighted by Gasteiger charge is -2.38. The fourth-order valence-electron chi connectivity index (χ4n) is 3.99. The molecule has 130 valence electrons. The molecule has 3 heterocycles. The van der Waals surface area contributed by atoms with Gasteiger partial charge in [-0.05, 0) is 43.0 Å². The maximum absolute atomic E-state index is 12.2. The van der Waals surface area contributed by atoms with Gasteiger partial charge in [-0.3, -0.25) is 9.80 Å². The molecule has 6 heteroatoms. The summed E-state index contributed by atoms with van der Waals surface area (Å²) in [5.41, 5.74) is 2.09. The van der Waals surface area contributed by atoms with E-state index in [1.54, 1.807) is 7.11 Å². The van der Waals surface area contributed by atoms with Crippen LogP contribution in [0.15, 0.2) is 18.2 Å². The van der Waals surface area contributed by atoms with Gasteiger partial charge >= 0.3 is 6.09 Å². The first-order valence-corrected chi connectivity index (χ1v) is 8.71. The zero-order valence-electron chi connectivity index (χ0n) is 14.1. The number of hydrogen-bond donors (Lipinski definition) is 0. The monoisotopic (exact) mass is 332 g/mol. The Morgan fingerprint density at radius 1 is 1.17 bits per heavy atom. The third-order valence-electron chi connectivity index (χ3n) is 5.34. The molecule has 3 aliphatic rings. The molecule has 2 fully saturated rings. The number of fused-ring (bicyclic) bond motifs is 3. The first-order chi connectivity index (χ1) is 11.8. The Morgan fingerprint density at radius 2 is 2.00 bits per heavy atom. The second kappa shape index (κ2) is 6.61. The number of cyclic esters (lactones) is 1. The standard InChI is InChI=1S/C18H24N2O4/c1-22-16-2-3-17-13(10-16)11-19(14-5-8-23-9-6-14)7-4-15-12-24-18(21)20(15)17/h2-3,10,14-15H,4-9,11-12H2,1H3/t15-/m0/s1. The van der Waals surface area contributed by atoms with Crippen molar-refractivity contribution in [3.63, 3.8) is 0 Å². The molecule has 24 heavy (non-hydrogen) atoms. The molecule has 1 atom stereocenters. The molecule has 0 radical (unpaired) electrons. The molecule has 0 aliphatic carbocycles. The average molecular weight is 332 g/mol. The number of carbonyl (C=O) groups is 1. The summed E-state index contributed by atoms with van der Waals surface area (Å²) < 4.78 is 16.2. The molecule has 6 nitrogen and oxygen atoms in total. The second-order valence-electron chi connectivity index (χ2n) is 6.70. The Balaban J connectivity index is 1.68. The van der Waals surface area contributed by atoms with Crippen LogP contribution in [0.2, 0.25) is 0 Å². The van der Waals surface area contributed by atoms with E-state index in [0.29, 0.717) is 12.6 Å². The van der Waals surface area contributed by atoms with Crippen molar-refractivity contribution in [1.29, 1.82) is 0 Å². The van der Waals surface area contributed by atoms with Gasteiger partial charge in [-0.25, -0.2) is 4.79 Å². The van der Waals surface area contributed by atoms with Gasteiger partial charge in [0.15, 0.2) is 0 Å². The number of hydrogen-bond acceptors (Lipinski definition) is 5. The van der Waals surface area contributed by atoms with Gasteiger partial charge < -0.3 is 14.2 Å². The minimum absolute atomic E-state index is 0.118. The first-order valence-electron chi connectivity index (χ1n) is 8.71. The molecule has 3 aliphatic heterocycles. The number of carbonyl (C=O) groups excluding carboxylic acids is 1. The number of amides is 1. The predicted molar refractivity (Wildman–Crippen MR) is 89.5 cm³/mol. The highest BCUT2D eigenvalue weighted by atomic mass is 16.6. The largest absolute Gasteiger partial charge is 0.497 e. The van der Waals surface area contributed by atoms with Crippen LogP contribution >= 0.6 is 0 Å². The van der Waals surface area contributed by atoms with E-state index in [1.165, 1.54) is 0 Å². The van der Waals surface area contributed by atoms with Crippen molar-refractivity contribution in [2.75, 3.05) is 38.4 Å². The zero-order chi connectivity index (χ0) is 16.5. The third kappa shape index (κ3) is 2.84. The van der Waals surface area contributed by atoms with Crippen LogP contribution in [-0.2, 0) is 16.0 Å². The lowest BCUT2D eigenvalue weighted by molar-refractivity contribution is 0.0293. The molecule has 0 bridgehead atoms. The molecule has 0 spiro atoms. The van der Waals surface area contributed by atoms with Gasteiger partial charge in [-0.15, -0.1) is 0 Å². The summed E-state index contributed by atoms with van der Waals surface area (Å²) in [5, 5.41) is 0. The highest BCUT2D eigenvalue weighted by Gasteiger charge is 2.38. The van der Waals surface area contributed by atoms with Gasteiger partial charge in [0, 0.05) is 32.3 Å². The van der Waals surface area contributed by atoms with Crippen LogP contribution in [0.3, 0.4) is 0 Å². The Morgan fingerprint density at radius 3 is 2.79 bits per heavy atom. The van der Waals surface area contributed by atoms with Crippen molar-refractivity contribution in [2.24, 2.45) is 0 Å². The molecule has 0 unspecified atom stereocenters. The normalized spacial score (nSPS) is 25.5. The van der Waals surface area contributed by atoms with Gasteiger partial charge in [0.25, 0.3) is 0 Å². The molecule has 1 aromatic carbocycles. The number of rotatable bonds is 2. The summed E-state index contributed by atoms with van der Waals surface area (Å²) in [6.45, 7) is 3.95. The van der Waals surface area contributed by atoms with E-state index in [0.717, 1.165) is 62.6 Å². The third-order valence-corrected chi connectivity index (χ3v) is 5.34. The zero-order valence-corrected chi connectivity index (χ0v) is 14.1. The Hall–Kier alpha value is -1.79. The molecule has 1 amide bonds. The summed E-state index contributed by atoms with van der Waals surface area (Å²) in [7, 11) is 1.67. The van der Waals surface area contributed by atoms with Gasteiger partial charge in [0.05, 0.1) is 18.8 Å². The molecule has 0 N–H and O–H groups in total. The van der Waals surface area contributed by atoms with Crippen molar-refractivity contribution in [2.45, 2.75) is 37.9 Å². The van der Waals surface area contributed by atoms with E-state index in [1.807, 2.05) is 17.0 Å². The molecule has 4 rings (SSSR count). The Labute approximate surface area is 142 Å². The summed E-state index contributed by atoms with van der Waals surface area (Å²) in [6.07, 6.45) is 2.85. The van der Waals surface area contributed by atoms with Crippen LogP contribution in [-0.4, -0.2) is 56.6 Å². The quantitative estimate of drug-likeness (QED) is 0.832. The molecular formula is C18H24N2O4. The fraction of sp³-hybridized carbons (Fsp3) is 0.611. The highest BCUT2D eigenvalue weighted by Crippen LogP contribution is 2.35. The summed E-state index contributed by atoms with van der Waals surface area (Å²) in [6, 6.07) is 6.62. The van der Waals surface area contributed by atoms with Gasteiger partial charge in [0.1, 0.15) is 12.4 Å². The van der Waals surface area contributed by atoms with Crippen molar-refractivity contribution in [1.82, 2.24) is 4.90 Å². The Bertz CT molecular complexity index is 615. The van der Waals surface area contributed by atoms with Gasteiger partial charge in [-0.1, -0.05) is 0 Å². The number of methoxy groups -OCH3 is 1. The van der Waals surface area contributed by atoms with Crippen LogP contribution < -0.4 is 9.64 Å². The minimum Gasteiger partial charge on any atom is -0.497 e. The molecule has 1 aromatic rings. The number of anilines is 1. The maximum Gasteiger partial charge on any atom is 0.414 e. The van der Waals surface area contributed by atoms with Crippen molar-refractivity contribution >= 4 is 11.8 Å². The van der Waals surface area contributed by atoms with Crippen molar-refractivity contribution in [3.05, 3.63) is 23.8 Å². The fourth-order valence-corrected chi connectivity index (χ4v) is 3.99. The van der Waals surface area contributed by atoms with Crippen LogP contribution in [0, 0.1) is 0 Å². The lowest BCUT2D eigenvalue weighted by atomic mass is 10.0. The van der Waals surface area contributed by atoms with Crippen molar-refractivity contribution < 1.29 is 19.0 Å². The van der Waals surface area contributed by atoms with E-state index in [-0.39, 0.29) is 12.1 Å². The number of ether oxygens (including phenoxy) is 3. The predicted octanol–water partition coefficient (Wildman–Crippen LogP) is 2.41. The second-order valence-corrected chi connectivity index (χ2v) is 6.70. The molecule has 0 aromatic heterocycles. The number of nitrogens with zero attached hydrogens (tertiary/aromatic N) is 2. The van der Waals surface area contributed by atoms with E-state index in [9.17, 15) is 4.79 Å². The van der Waals surface area contributed by atoms with Crippen LogP contribution in [0.25, 0.3) is 0 Å². The first kappa shape index (κ1) is 15.7. The lowest BCUT2D eigenvalue weighted by Crippen LogP contribution is -2.45. The topological polar surface area (TPSA) is 51.2 Å². The Kier molecular flexibility index (Phi) is 4.33. The van der Waals surface area contributed by atoms with E-state index < -0.39 is 0 Å². The summed E-state index contributed by atoms with van der Waals surface area (Å²) >= 11 is 0. The van der Waals surface area contributed by atoms with E-state index in [2.05, 4.69) is 11.0 Å². The van der Waals surface area contributed by atoms with Crippen LogP contribution in [0.1, 0.15) is 24.8 Å². The average Bonchev–Trinajstić information content (AvgIpc) is 2.97.